The summed E-state index contributed by atoms with van der Waals surface area (Å²) in [5.41, 5.74) is -0.263. The quantitative estimate of drug-likeness (QED) is 0.391. The average Bonchev–Trinajstić information content (AvgIpc) is 3.04. The molecule has 0 bridgehead atoms. The fraction of sp³-hybridized carbons (Fsp3) is 0.500. The number of ether oxygens (including phenoxy) is 1. The Kier molecular flexibility index (Phi) is 4.56. The van der Waals surface area contributed by atoms with E-state index in [2.05, 4.69) is 15.3 Å². The smallest absolute Gasteiger partial charge is 0.300 e. The van der Waals surface area contributed by atoms with Gasteiger partial charge >= 0.3 is 0 Å². The van der Waals surface area contributed by atoms with Crippen LogP contribution in [0.5, 0.6) is 0 Å². The molecule has 26 heavy (non-hydrogen) atoms. The summed E-state index contributed by atoms with van der Waals surface area (Å²) >= 11 is 6.42. The number of fused-ring (bicyclic) bond motifs is 1. The number of carbonyl (C=O) groups excluding carboxylic acids is 1. The molecule has 4 atom stereocenters. The number of rotatable bonds is 4. The minimum atomic E-state index is -1.38. The van der Waals surface area contributed by atoms with Gasteiger partial charge in [0.2, 0.25) is 5.91 Å². The summed E-state index contributed by atoms with van der Waals surface area (Å²) in [6.45, 7) is 2.26. The minimum Gasteiger partial charge on any atom is -0.394 e. The zero-order valence-electron chi connectivity index (χ0n) is 13.8. The van der Waals surface area contributed by atoms with Crippen LogP contribution in [0.1, 0.15) is 20.1 Å². The molecule has 2 aromatic heterocycles. The minimum absolute atomic E-state index is 0.00528. The Balaban J connectivity index is 2.22. The van der Waals surface area contributed by atoms with Crippen molar-refractivity contribution >= 4 is 40.0 Å². The number of nitrogens with zero attached hydrogens (tertiary/aromatic N) is 4. The molecule has 1 aliphatic rings. The maximum Gasteiger partial charge on any atom is 0.300 e. The Hall–Kier alpha value is -2.34. The van der Waals surface area contributed by atoms with Gasteiger partial charge < -0.3 is 20.3 Å². The van der Waals surface area contributed by atoms with Crippen molar-refractivity contribution in [2.75, 3.05) is 11.9 Å². The number of carbonyl (C=O) groups is 1. The second-order valence-electron chi connectivity index (χ2n) is 6.09. The number of nitrogens with one attached hydrogen (secondary N) is 1. The molecule has 2 unspecified atom stereocenters. The van der Waals surface area contributed by atoms with Gasteiger partial charge in [-0.05, 0) is 6.92 Å². The Bertz CT molecular complexity index is 884. The Labute approximate surface area is 151 Å². The molecule has 140 valence electrons. The van der Waals surface area contributed by atoms with Gasteiger partial charge in [-0.15, -0.1) is 11.6 Å². The molecule has 1 aliphatic heterocycles. The van der Waals surface area contributed by atoms with E-state index < -0.39 is 40.7 Å². The zero-order valence-corrected chi connectivity index (χ0v) is 14.5. The van der Waals surface area contributed by atoms with Crippen LogP contribution in [0, 0.1) is 10.1 Å². The van der Waals surface area contributed by atoms with E-state index in [1.807, 2.05) is 0 Å². The summed E-state index contributed by atoms with van der Waals surface area (Å²) in [6.07, 6.45) is -0.938. The molecule has 12 heteroatoms. The summed E-state index contributed by atoms with van der Waals surface area (Å²) in [5.74, 6) is -0.483. The predicted molar refractivity (Wildman–Crippen MR) is 89.7 cm³/mol. The first-order chi connectivity index (χ1) is 12.2. The number of aliphatic hydroxyl groups is 2. The number of aliphatic hydroxyl groups excluding tert-OH is 2. The Morgan fingerprint density at radius 1 is 1.58 bits per heavy atom. The molecule has 2 aromatic rings. The number of hydrogen-bond acceptors (Lipinski definition) is 8. The normalized spacial score (nSPS) is 28.4. The number of nitro groups is 1. The van der Waals surface area contributed by atoms with Crippen molar-refractivity contribution in [2.45, 2.75) is 37.2 Å². The number of hydrogen-bond donors (Lipinski definition) is 3. The van der Waals surface area contributed by atoms with Crippen LogP contribution in [-0.4, -0.2) is 59.3 Å². The Morgan fingerprint density at radius 2 is 2.27 bits per heavy atom. The lowest BCUT2D eigenvalue weighted by molar-refractivity contribution is -0.383. The molecule has 0 saturated carbocycles. The highest BCUT2D eigenvalue weighted by atomic mass is 35.5. The number of anilines is 1. The van der Waals surface area contributed by atoms with Gasteiger partial charge in [0, 0.05) is 6.92 Å². The number of aromatic nitrogens is 3. The van der Waals surface area contributed by atoms with Crippen molar-refractivity contribution in [3.8, 4) is 0 Å². The van der Waals surface area contributed by atoms with Crippen LogP contribution in [0.4, 0.5) is 11.5 Å². The molecule has 3 heterocycles. The van der Waals surface area contributed by atoms with E-state index in [9.17, 15) is 25.1 Å². The zero-order chi connectivity index (χ0) is 19.2. The van der Waals surface area contributed by atoms with E-state index in [0.717, 1.165) is 12.5 Å². The molecule has 0 radical (unpaired) electrons. The van der Waals surface area contributed by atoms with Gasteiger partial charge in [-0.2, -0.15) is 0 Å². The molecule has 3 rings (SSSR count). The number of amides is 1. The van der Waals surface area contributed by atoms with Crippen LogP contribution < -0.4 is 5.32 Å². The Morgan fingerprint density at radius 3 is 2.81 bits per heavy atom. The largest absolute Gasteiger partial charge is 0.394 e. The van der Waals surface area contributed by atoms with Gasteiger partial charge in [-0.1, -0.05) is 0 Å². The van der Waals surface area contributed by atoms with Gasteiger partial charge in [-0.25, -0.2) is 9.97 Å². The lowest BCUT2D eigenvalue weighted by Gasteiger charge is -2.26. The highest BCUT2D eigenvalue weighted by Crippen LogP contribution is 2.46. The lowest BCUT2D eigenvalue weighted by Crippen LogP contribution is -2.39. The first-order valence-electron chi connectivity index (χ1n) is 7.59. The van der Waals surface area contributed by atoms with Gasteiger partial charge in [-0.3, -0.25) is 19.5 Å². The van der Waals surface area contributed by atoms with Gasteiger partial charge in [0.1, 0.15) is 28.8 Å². The van der Waals surface area contributed by atoms with Crippen molar-refractivity contribution in [1.29, 1.82) is 0 Å². The summed E-state index contributed by atoms with van der Waals surface area (Å²) in [6, 6.07) is 0. The monoisotopic (exact) mass is 385 g/mol. The fourth-order valence-corrected chi connectivity index (χ4v) is 3.30. The van der Waals surface area contributed by atoms with Gasteiger partial charge in [0.15, 0.2) is 17.7 Å². The third-order valence-corrected chi connectivity index (χ3v) is 4.64. The third kappa shape index (κ3) is 2.78. The molecular formula is C14H16ClN5O6. The van der Waals surface area contributed by atoms with E-state index in [1.54, 1.807) is 0 Å². The van der Waals surface area contributed by atoms with Crippen LogP contribution >= 0.6 is 11.6 Å². The molecule has 1 fully saturated rings. The van der Waals surface area contributed by atoms with Crippen molar-refractivity contribution in [1.82, 2.24) is 14.5 Å². The number of alkyl halides is 1. The predicted octanol–water partition coefficient (Wildman–Crippen LogP) is 0.546. The van der Waals surface area contributed by atoms with Crippen LogP contribution in [0.3, 0.4) is 0 Å². The molecule has 3 N–H and O–H groups in total. The highest BCUT2D eigenvalue weighted by Gasteiger charge is 2.53. The molecule has 0 spiro atoms. The first kappa shape index (κ1) is 18.5. The van der Waals surface area contributed by atoms with E-state index in [1.165, 1.54) is 18.4 Å². The van der Waals surface area contributed by atoms with Crippen LogP contribution in [-0.2, 0) is 9.53 Å². The van der Waals surface area contributed by atoms with E-state index in [0.29, 0.717) is 0 Å². The maximum atomic E-state index is 11.5. The van der Waals surface area contributed by atoms with Crippen molar-refractivity contribution in [2.24, 2.45) is 0 Å². The van der Waals surface area contributed by atoms with Gasteiger partial charge in [0.05, 0.1) is 17.7 Å². The summed E-state index contributed by atoms with van der Waals surface area (Å²) < 4.78 is 6.90. The average molecular weight is 386 g/mol. The number of halogens is 1. The topological polar surface area (TPSA) is 153 Å². The fourth-order valence-electron chi connectivity index (χ4n) is 3.01. The summed E-state index contributed by atoms with van der Waals surface area (Å²) in [4.78, 5) is 28.8. The lowest BCUT2D eigenvalue weighted by atomic mass is 10.0. The van der Waals surface area contributed by atoms with E-state index in [4.69, 9.17) is 16.3 Å². The second kappa shape index (κ2) is 6.43. The summed E-state index contributed by atoms with van der Waals surface area (Å²) in [5, 5.41) is 33.5. The molecule has 11 nitrogen and oxygen atoms in total. The van der Waals surface area contributed by atoms with Crippen LogP contribution in [0.25, 0.3) is 11.0 Å². The molecule has 1 saturated heterocycles. The van der Waals surface area contributed by atoms with E-state index in [-0.39, 0.29) is 22.5 Å². The van der Waals surface area contributed by atoms with Crippen LogP contribution in [0.2, 0.25) is 0 Å². The highest BCUT2D eigenvalue weighted by molar-refractivity contribution is 6.24. The standard InChI is InChI=1S/C14H16ClN5O6/c1-6(22)18-11-9-7(20(24)25)3-19(12(9)17-5-16-11)13-14(2,15)10(23)8(4-21)26-13/h3,5,8,10,13,21,23H,4H2,1-2H3,(H,16,17,18,22)/t8?,10?,13-,14-/m1/s1. The van der Waals surface area contributed by atoms with Crippen molar-refractivity contribution < 1.29 is 24.7 Å². The summed E-state index contributed by atoms with van der Waals surface area (Å²) in [7, 11) is 0. The third-order valence-electron chi connectivity index (χ3n) is 4.23. The first-order valence-corrected chi connectivity index (χ1v) is 7.97. The molecule has 0 aromatic carbocycles. The van der Waals surface area contributed by atoms with E-state index >= 15 is 0 Å². The molecular weight excluding hydrogens is 370 g/mol. The van der Waals surface area contributed by atoms with Crippen molar-refractivity contribution in [3.63, 3.8) is 0 Å². The van der Waals surface area contributed by atoms with Crippen molar-refractivity contribution in [3.05, 3.63) is 22.6 Å². The second-order valence-corrected chi connectivity index (χ2v) is 6.90. The van der Waals surface area contributed by atoms with Gasteiger partial charge in [0.25, 0.3) is 5.69 Å². The van der Waals surface area contributed by atoms with Crippen LogP contribution in [0.15, 0.2) is 12.5 Å². The molecule has 1 amide bonds. The molecule has 0 aliphatic carbocycles. The maximum absolute atomic E-state index is 11.5. The SMILES string of the molecule is CC(=O)Nc1ncnc2c1c([N+](=O)[O-])cn2[C@@H]1OC(CO)C(O)[C@@]1(C)Cl.